The van der Waals surface area contributed by atoms with E-state index in [2.05, 4.69) is 17.0 Å². The highest BCUT2D eigenvalue weighted by atomic mass is 16.6. The minimum absolute atomic E-state index is 0.299. The molecule has 49 heavy (non-hydrogen) atoms. The van der Waals surface area contributed by atoms with Gasteiger partial charge >= 0.3 is 5.97 Å². The summed E-state index contributed by atoms with van der Waals surface area (Å²) in [5.41, 5.74) is 0. The number of carbonyl (C=O) groups excluding carboxylic acids is 1. The maximum Gasteiger partial charge on any atom is 0.329 e. The number of carbonyl (C=O) groups is 2. The van der Waals surface area contributed by atoms with Crippen molar-refractivity contribution < 1.29 is 66.8 Å². The van der Waals surface area contributed by atoms with Gasteiger partial charge in [-0.25, -0.2) is 4.79 Å². The first kappa shape index (κ1) is 47.5. The predicted molar refractivity (Wildman–Crippen MR) is 182 cm³/mol. The third kappa shape index (κ3) is 44.5. The van der Waals surface area contributed by atoms with Crippen LogP contribution in [0.4, 0.5) is 0 Å². The molecule has 0 saturated carbocycles. The van der Waals surface area contributed by atoms with Gasteiger partial charge in [0.2, 0.25) is 5.91 Å². The van der Waals surface area contributed by atoms with Crippen molar-refractivity contribution in [1.82, 2.24) is 5.32 Å². The Kier molecular flexibility index (Phi) is 41.4. The number of carboxylic acids is 1. The zero-order chi connectivity index (χ0) is 35.6. The number of hydrogen-bond donors (Lipinski definition) is 2. The van der Waals surface area contributed by atoms with Crippen molar-refractivity contribution in [3.05, 3.63) is 0 Å². The first-order valence-corrected chi connectivity index (χ1v) is 18.0. The van der Waals surface area contributed by atoms with E-state index >= 15 is 0 Å². The topological polar surface area (TPSA) is 168 Å². The van der Waals surface area contributed by atoms with Crippen molar-refractivity contribution in [2.45, 2.75) is 58.3 Å². The van der Waals surface area contributed by atoms with Crippen LogP contribution in [-0.2, 0) is 61.7 Å². The summed E-state index contributed by atoms with van der Waals surface area (Å²) in [6.07, 6.45) is 10.5. The van der Waals surface area contributed by atoms with Crippen LogP contribution in [0.15, 0.2) is 0 Å². The van der Waals surface area contributed by atoms with E-state index in [4.69, 9.17) is 52.5 Å². The summed E-state index contributed by atoms with van der Waals surface area (Å²) in [6.45, 7) is 11.9. The Morgan fingerprint density at radius 3 is 1.04 bits per heavy atom. The Bertz CT molecular complexity index is 677. The maximum atomic E-state index is 11.4. The highest BCUT2D eigenvalue weighted by molar-refractivity contribution is 5.77. The first-order chi connectivity index (χ1) is 24.2. The Morgan fingerprint density at radius 2 is 0.694 bits per heavy atom. The number of unbranched alkanes of at least 4 members (excludes halogenated alkanes) is 7. The molecule has 0 aliphatic rings. The van der Waals surface area contributed by atoms with Gasteiger partial charge in [-0.2, -0.15) is 0 Å². The largest absolute Gasteiger partial charge is 0.480 e. The molecule has 0 aromatic rings. The Balaban J connectivity index is 3.08. The van der Waals surface area contributed by atoms with Gasteiger partial charge in [-0.05, 0) is 6.42 Å². The molecule has 0 aromatic carbocycles. The van der Waals surface area contributed by atoms with Crippen molar-refractivity contribution in [1.29, 1.82) is 0 Å². The smallest absolute Gasteiger partial charge is 0.329 e. The average Bonchev–Trinajstić information content (AvgIpc) is 3.09. The first-order valence-electron chi connectivity index (χ1n) is 18.0. The van der Waals surface area contributed by atoms with Gasteiger partial charge in [0.15, 0.2) is 0 Å². The van der Waals surface area contributed by atoms with Crippen LogP contribution >= 0.6 is 0 Å². The normalized spacial score (nSPS) is 11.4. The molecule has 0 aliphatic carbocycles. The fourth-order valence-corrected chi connectivity index (χ4v) is 3.96. The molecule has 0 unspecified atom stereocenters. The minimum atomic E-state index is -1.12. The molecule has 15 nitrogen and oxygen atoms in total. The summed E-state index contributed by atoms with van der Waals surface area (Å²) in [5.74, 6) is -1.52. The third-order valence-corrected chi connectivity index (χ3v) is 6.52. The highest BCUT2D eigenvalue weighted by Crippen LogP contribution is 2.08. The van der Waals surface area contributed by atoms with E-state index in [0.717, 1.165) is 13.0 Å². The lowest BCUT2D eigenvalue weighted by Gasteiger charge is -2.09. The van der Waals surface area contributed by atoms with Gasteiger partial charge in [0.25, 0.3) is 0 Å². The van der Waals surface area contributed by atoms with Crippen LogP contribution in [0.2, 0.25) is 0 Å². The monoisotopic (exact) mass is 713 g/mol. The zero-order valence-electron chi connectivity index (χ0n) is 30.2. The minimum Gasteiger partial charge on any atom is -0.480 e. The number of aliphatic carboxylic acids is 1. The molecule has 1 amide bonds. The van der Waals surface area contributed by atoms with Crippen LogP contribution < -0.4 is 5.32 Å². The Labute approximate surface area is 294 Å². The van der Waals surface area contributed by atoms with Gasteiger partial charge in [-0.3, -0.25) is 4.79 Å². The number of amides is 1. The van der Waals surface area contributed by atoms with Crippen LogP contribution in [0, 0.1) is 0 Å². The summed E-state index contributed by atoms with van der Waals surface area (Å²) in [4.78, 5) is 21.7. The lowest BCUT2D eigenvalue weighted by molar-refractivity contribution is -0.143. The van der Waals surface area contributed by atoms with Crippen molar-refractivity contribution in [3.8, 4) is 0 Å². The van der Waals surface area contributed by atoms with E-state index in [0.29, 0.717) is 132 Å². The van der Waals surface area contributed by atoms with Crippen LogP contribution in [0.3, 0.4) is 0 Å². The molecule has 0 spiro atoms. The summed E-state index contributed by atoms with van der Waals surface area (Å²) in [5, 5.41) is 11.0. The average molecular weight is 714 g/mol. The third-order valence-electron chi connectivity index (χ3n) is 6.52. The molecule has 0 atom stereocenters. The van der Waals surface area contributed by atoms with Gasteiger partial charge in [0.05, 0.1) is 126 Å². The molecule has 0 radical (unpaired) electrons. The van der Waals surface area contributed by atoms with E-state index in [1.165, 1.54) is 44.9 Å². The van der Waals surface area contributed by atoms with Crippen molar-refractivity contribution in [2.24, 2.45) is 0 Å². The fourth-order valence-electron chi connectivity index (χ4n) is 3.96. The summed E-state index contributed by atoms with van der Waals surface area (Å²) < 4.78 is 59.4. The predicted octanol–water partition coefficient (Wildman–Crippen LogP) is 2.51. The molecule has 0 bridgehead atoms. The summed E-state index contributed by atoms with van der Waals surface area (Å²) >= 11 is 0. The van der Waals surface area contributed by atoms with Gasteiger partial charge in [0, 0.05) is 13.2 Å². The number of ether oxygens (including phenoxy) is 11. The van der Waals surface area contributed by atoms with Crippen LogP contribution in [0.5, 0.6) is 0 Å². The van der Waals surface area contributed by atoms with E-state index in [1.54, 1.807) is 0 Å². The number of carboxylic acid groups (broad SMARTS) is 1. The van der Waals surface area contributed by atoms with Crippen LogP contribution in [0.25, 0.3) is 0 Å². The van der Waals surface area contributed by atoms with Crippen LogP contribution in [0.1, 0.15) is 58.3 Å². The van der Waals surface area contributed by atoms with E-state index < -0.39 is 18.5 Å². The van der Waals surface area contributed by atoms with E-state index in [-0.39, 0.29) is 6.61 Å². The molecule has 0 saturated heterocycles. The quantitative estimate of drug-likeness (QED) is 0.0885. The SMILES string of the molecule is CCCCCCCCCCOCCOCCOCCOCCOCCOCCOCCOCCOCCOCCNC(=O)COCC(=O)O. The Hall–Kier alpha value is -1.50. The number of rotatable bonds is 43. The molecular formula is C34H67NO14. The molecular weight excluding hydrogens is 646 g/mol. The van der Waals surface area contributed by atoms with E-state index in [9.17, 15) is 9.59 Å². The standard InChI is InChI=1S/C34H67NO14/c1-2-3-4-5-6-7-8-9-11-39-13-15-41-17-19-43-21-23-45-25-27-47-29-30-48-28-26-46-24-22-44-20-18-42-16-14-40-12-10-35-33(36)31-49-32-34(37)38/h2-32H2,1H3,(H,35,36)(H,37,38). The lowest BCUT2D eigenvalue weighted by atomic mass is 10.1. The molecule has 0 heterocycles. The van der Waals surface area contributed by atoms with Gasteiger partial charge in [0.1, 0.15) is 13.2 Å². The molecule has 15 heteroatoms. The second-order valence-corrected chi connectivity index (χ2v) is 10.8. The van der Waals surface area contributed by atoms with Gasteiger partial charge in [-0.15, -0.1) is 0 Å². The van der Waals surface area contributed by atoms with Crippen molar-refractivity contribution in [3.63, 3.8) is 0 Å². The summed E-state index contributed by atoms with van der Waals surface area (Å²) in [6, 6.07) is 0. The van der Waals surface area contributed by atoms with Crippen molar-refractivity contribution in [2.75, 3.05) is 152 Å². The zero-order valence-corrected chi connectivity index (χ0v) is 30.2. The maximum absolute atomic E-state index is 11.4. The van der Waals surface area contributed by atoms with Crippen LogP contribution in [-0.4, -0.2) is 169 Å². The summed E-state index contributed by atoms with van der Waals surface area (Å²) in [7, 11) is 0. The van der Waals surface area contributed by atoms with Crippen molar-refractivity contribution >= 4 is 11.9 Å². The second-order valence-electron chi connectivity index (χ2n) is 10.8. The van der Waals surface area contributed by atoms with Gasteiger partial charge < -0.3 is 62.5 Å². The molecule has 0 aliphatic heterocycles. The number of hydrogen-bond acceptors (Lipinski definition) is 13. The van der Waals surface area contributed by atoms with E-state index in [1.807, 2.05) is 0 Å². The fraction of sp³-hybridized carbons (Fsp3) is 0.941. The molecule has 2 N–H and O–H groups in total. The number of nitrogens with one attached hydrogen (secondary N) is 1. The molecule has 0 rings (SSSR count). The highest BCUT2D eigenvalue weighted by Gasteiger charge is 2.03. The van der Waals surface area contributed by atoms with Gasteiger partial charge in [-0.1, -0.05) is 51.9 Å². The molecule has 292 valence electrons. The lowest BCUT2D eigenvalue weighted by Crippen LogP contribution is -2.31. The second kappa shape index (κ2) is 42.7. The molecule has 0 fully saturated rings. The molecule has 0 aromatic heterocycles. The Morgan fingerprint density at radius 1 is 0.388 bits per heavy atom.